The van der Waals surface area contributed by atoms with E-state index in [1.807, 2.05) is 10.7 Å². The average Bonchev–Trinajstić information content (AvgIpc) is 3.15. The number of thioether (sulfide) groups is 1. The molecule has 0 radical (unpaired) electrons. The Balaban J connectivity index is 1.86. The number of fused-ring (bicyclic) bond motifs is 1. The average molecular weight is 398 g/mol. The molecule has 8 heteroatoms. The molecule has 1 aliphatic heterocycles. The van der Waals surface area contributed by atoms with Crippen molar-refractivity contribution in [2.24, 2.45) is 0 Å². The van der Waals surface area contributed by atoms with Crippen molar-refractivity contribution in [1.29, 1.82) is 0 Å². The van der Waals surface area contributed by atoms with Crippen LogP contribution in [0.3, 0.4) is 0 Å². The molecule has 0 bridgehead atoms. The number of carbonyl (C=O) groups excluding carboxylic acids is 1. The zero-order valence-corrected chi connectivity index (χ0v) is 15.7. The van der Waals surface area contributed by atoms with Gasteiger partial charge in [0.05, 0.1) is 22.6 Å². The minimum Gasteiger partial charge on any atom is -0.310 e. The second kappa shape index (κ2) is 6.74. The number of anilines is 1. The first kappa shape index (κ1) is 17.1. The van der Waals surface area contributed by atoms with E-state index in [9.17, 15) is 9.59 Å². The van der Waals surface area contributed by atoms with Crippen LogP contribution in [0, 0.1) is 0 Å². The summed E-state index contributed by atoms with van der Waals surface area (Å²) in [6.07, 6.45) is 4.28. The maximum Gasteiger partial charge on any atom is 0.270 e. The second-order valence-electron chi connectivity index (χ2n) is 6.42. The number of nitrogens with one attached hydrogen (secondary N) is 2. The van der Waals surface area contributed by atoms with Crippen LogP contribution in [0.25, 0.3) is 0 Å². The SMILES string of the molecule is O=C1CS[C@@H](c2ccc(Cl)cc2Cl)c2c(n(C3CCCC3)[nH]c2=O)N1. The number of benzene rings is 1. The van der Waals surface area contributed by atoms with Gasteiger partial charge in [0.15, 0.2) is 0 Å². The third-order valence-corrected chi connectivity index (χ3v) is 6.61. The van der Waals surface area contributed by atoms with Gasteiger partial charge in [0.1, 0.15) is 5.82 Å². The maximum atomic E-state index is 12.8. The van der Waals surface area contributed by atoms with Crippen LogP contribution in [0.2, 0.25) is 10.0 Å². The maximum absolute atomic E-state index is 12.8. The topological polar surface area (TPSA) is 66.9 Å². The van der Waals surface area contributed by atoms with Crippen LogP contribution in [-0.4, -0.2) is 21.4 Å². The Morgan fingerprint density at radius 3 is 2.64 bits per heavy atom. The van der Waals surface area contributed by atoms with E-state index in [0.29, 0.717) is 21.4 Å². The van der Waals surface area contributed by atoms with Crippen LogP contribution in [0.4, 0.5) is 5.82 Å². The lowest BCUT2D eigenvalue weighted by Gasteiger charge is -2.17. The van der Waals surface area contributed by atoms with Crippen molar-refractivity contribution < 1.29 is 4.79 Å². The fourth-order valence-electron chi connectivity index (χ4n) is 3.64. The van der Waals surface area contributed by atoms with Crippen LogP contribution < -0.4 is 10.9 Å². The molecule has 1 aliphatic carbocycles. The van der Waals surface area contributed by atoms with Gasteiger partial charge in [0.2, 0.25) is 5.91 Å². The summed E-state index contributed by atoms with van der Waals surface area (Å²) in [4.78, 5) is 25.0. The Morgan fingerprint density at radius 2 is 1.92 bits per heavy atom. The zero-order valence-electron chi connectivity index (χ0n) is 13.4. The number of amides is 1. The van der Waals surface area contributed by atoms with Crippen LogP contribution >= 0.6 is 35.0 Å². The van der Waals surface area contributed by atoms with Gasteiger partial charge in [-0.2, -0.15) is 0 Å². The summed E-state index contributed by atoms with van der Waals surface area (Å²) >= 11 is 13.8. The van der Waals surface area contributed by atoms with Crippen LogP contribution in [0.15, 0.2) is 23.0 Å². The molecule has 1 aromatic heterocycles. The van der Waals surface area contributed by atoms with Gasteiger partial charge < -0.3 is 5.32 Å². The van der Waals surface area contributed by atoms with E-state index in [2.05, 4.69) is 10.4 Å². The molecule has 2 aliphatic rings. The lowest BCUT2D eigenvalue weighted by atomic mass is 10.1. The summed E-state index contributed by atoms with van der Waals surface area (Å²) in [7, 11) is 0. The van der Waals surface area contributed by atoms with E-state index in [4.69, 9.17) is 23.2 Å². The van der Waals surface area contributed by atoms with Crippen molar-refractivity contribution in [1.82, 2.24) is 9.78 Å². The molecule has 2 aromatic rings. The van der Waals surface area contributed by atoms with Crippen molar-refractivity contribution >= 4 is 46.7 Å². The minimum atomic E-state index is -0.315. The van der Waals surface area contributed by atoms with Gasteiger partial charge in [-0.15, -0.1) is 11.8 Å². The fourth-order valence-corrected chi connectivity index (χ4v) is 5.38. The third kappa shape index (κ3) is 3.11. The Labute approximate surface area is 159 Å². The first-order valence-corrected chi connectivity index (χ1v) is 10.1. The van der Waals surface area contributed by atoms with E-state index >= 15 is 0 Å². The number of hydrogen-bond acceptors (Lipinski definition) is 3. The van der Waals surface area contributed by atoms with Gasteiger partial charge in [-0.1, -0.05) is 42.1 Å². The molecule has 0 spiro atoms. The smallest absolute Gasteiger partial charge is 0.270 e. The number of carbonyl (C=O) groups is 1. The van der Waals surface area contributed by atoms with Gasteiger partial charge in [0.25, 0.3) is 5.56 Å². The second-order valence-corrected chi connectivity index (χ2v) is 8.35. The first-order chi connectivity index (χ1) is 12.0. The molecule has 2 N–H and O–H groups in total. The summed E-state index contributed by atoms with van der Waals surface area (Å²) in [5, 5.41) is 6.59. The summed E-state index contributed by atoms with van der Waals surface area (Å²) < 4.78 is 1.85. The zero-order chi connectivity index (χ0) is 17.6. The molecule has 2 heterocycles. The van der Waals surface area contributed by atoms with E-state index < -0.39 is 0 Å². The monoisotopic (exact) mass is 397 g/mol. The highest BCUT2D eigenvalue weighted by atomic mass is 35.5. The number of nitrogens with zero attached hydrogens (tertiary/aromatic N) is 1. The van der Waals surface area contributed by atoms with Gasteiger partial charge in [-0.3, -0.25) is 19.4 Å². The Hall–Kier alpha value is -1.37. The number of hydrogen-bond donors (Lipinski definition) is 2. The van der Waals surface area contributed by atoms with E-state index in [1.165, 1.54) is 11.8 Å². The quantitative estimate of drug-likeness (QED) is 0.789. The number of rotatable bonds is 2. The van der Waals surface area contributed by atoms with Crippen molar-refractivity contribution in [2.75, 3.05) is 11.1 Å². The molecule has 1 saturated carbocycles. The molecule has 0 unspecified atom stereocenters. The van der Waals surface area contributed by atoms with E-state index in [0.717, 1.165) is 31.2 Å². The van der Waals surface area contributed by atoms with Gasteiger partial charge >= 0.3 is 0 Å². The van der Waals surface area contributed by atoms with Crippen molar-refractivity contribution in [3.05, 3.63) is 49.7 Å². The van der Waals surface area contributed by atoms with E-state index in [-0.39, 0.29) is 28.5 Å². The predicted molar refractivity (Wildman–Crippen MR) is 102 cm³/mol. The van der Waals surface area contributed by atoms with Crippen LogP contribution in [-0.2, 0) is 4.79 Å². The van der Waals surface area contributed by atoms with Gasteiger partial charge in [0, 0.05) is 10.0 Å². The molecule has 1 atom stereocenters. The lowest BCUT2D eigenvalue weighted by molar-refractivity contribution is -0.113. The Kier molecular flexibility index (Phi) is 4.60. The van der Waals surface area contributed by atoms with Crippen LogP contribution in [0.1, 0.15) is 48.1 Å². The highest BCUT2D eigenvalue weighted by Gasteiger charge is 2.33. The molecule has 1 fully saturated rings. The molecule has 1 amide bonds. The third-order valence-electron chi connectivity index (χ3n) is 4.80. The molecular formula is C17H17Cl2N3O2S. The Morgan fingerprint density at radius 1 is 1.16 bits per heavy atom. The molecular weight excluding hydrogens is 381 g/mol. The molecule has 5 nitrogen and oxygen atoms in total. The van der Waals surface area contributed by atoms with Crippen molar-refractivity contribution in [3.63, 3.8) is 0 Å². The number of H-pyrrole nitrogens is 1. The largest absolute Gasteiger partial charge is 0.310 e. The van der Waals surface area contributed by atoms with Gasteiger partial charge in [-0.05, 0) is 30.5 Å². The highest BCUT2D eigenvalue weighted by Crippen LogP contribution is 2.44. The summed E-state index contributed by atoms with van der Waals surface area (Å²) in [5.74, 6) is 0.745. The molecule has 0 saturated heterocycles. The standard InChI is InChI=1S/C17H17Cl2N3O2S/c18-9-5-6-11(12(19)7-9)15-14-16(20-13(23)8-25-15)22(21-17(14)24)10-3-1-2-4-10/h5-7,10,15H,1-4,8H2,(H,20,23)(H,21,24)/t15-/m0/s1. The normalized spacial score (nSPS) is 21.0. The Bertz CT molecular complexity index is 887. The van der Waals surface area contributed by atoms with Crippen molar-refractivity contribution in [2.45, 2.75) is 37.0 Å². The van der Waals surface area contributed by atoms with Crippen molar-refractivity contribution in [3.8, 4) is 0 Å². The molecule has 25 heavy (non-hydrogen) atoms. The number of halogens is 2. The minimum absolute atomic E-state index is 0.107. The van der Waals surface area contributed by atoms with Gasteiger partial charge in [-0.25, -0.2) is 0 Å². The van der Waals surface area contributed by atoms with Crippen LogP contribution in [0.5, 0.6) is 0 Å². The molecule has 1 aromatic carbocycles. The fraction of sp³-hybridized carbons (Fsp3) is 0.412. The molecule has 4 rings (SSSR count). The van der Waals surface area contributed by atoms with E-state index in [1.54, 1.807) is 12.1 Å². The number of aromatic nitrogens is 2. The predicted octanol–water partition coefficient (Wildman–Crippen LogP) is 4.37. The molecule has 132 valence electrons. The number of aromatic amines is 1. The highest BCUT2D eigenvalue weighted by molar-refractivity contribution is 8.00. The summed E-state index contributed by atoms with van der Waals surface area (Å²) in [6.45, 7) is 0. The lowest BCUT2D eigenvalue weighted by Crippen LogP contribution is -2.18. The summed E-state index contributed by atoms with van der Waals surface area (Å²) in [6, 6.07) is 5.47. The summed E-state index contributed by atoms with van der Waals surface area (Å²) in [5.41, 5.74) is 1.18. The first-order valence-electron chi connectivity index (χ1n) is 8.25.